The summed E-state index contributed by atoms with van der Waals surface area (Å²) in [7, 11) is 1.57. The molecule has 9 heteroatoms. The lowest BCUT2D eigenvalue weighted by molar-refractivity contribution is -0.150. The molecule has 0 aromatic rings. The number of fused-ring (bicyclic) bond motifs is 1. The molecule has 3 N–H and O–H groups in total. The van der Waals surface area contributed by atoms with Crippen LogP contribution in [0.3, 0.4) is 0 Å². The molecule has 0 saturated carbocycles. The van der Waals surface area contributed by atoms with Gasteiger partial charge >= 0.3 is 11.9 Å². The predicted octanol–water partition coefficient (Wildman–Crippen LogP) is 4.42. The number of rotatable bonds is 8. The van der Waals surface area contributed by atoms with E-state index in [1.807, 2.05) is 58.1 Å². The lowest BCUT2D eigenvalue weighted by atomic mass is 9.85. The van der Waals surface area contributed by atoms with Gasteiger partial charge in [-0.2, -0.15) is 5.26 Å². The van der Waals surface area contributed by atoms with E-state index >= 15 is 0 Å². The molecule has 0 amide bonds. The summed E-state index contributed by atoms with van der Waals surface area (Å²) < 4.78 is 17.5. The molecule has 2 unspecified atom stereocenters. The van der Waals surface area contributed by atoms with Crippen LogP contribution in [0, 0.1) is 29.1 Å². The number of carbonyl (C=O) groups is 2. The highest BCUT2D eigenvalue weighted by Gasteiger charge is 2.56. The molecule has 41 heavy (non-hydrogen) atoms. The number of hydrogen-bond acceptors (Lipinski definition) is 8. The number of epoxide rings is 1. The fourth-order valence-electron chi connectivity index (χ4n) is 5.18. The molecule has 0 aromatic carbocycles. The van der Waals surface area contributed by atoms with Crippen LogP contribution < -0.4 is 0 Å². The van der Waals surface area contributed by atoms with Gasteiger partial charge < -0.3 is 29.5 Å². The second-order valence-electron chi connectivity index (χ2n) is 11.4. The summed E-state index contributed by atoms with van der Waals surface area (Å²) in [4.78, 5) is 24.3. The summed E-state index contributed by atoms with van der Waals surface area (Å²) in [5.74, 6) is -2.55. The van der Waals surface area contributed by atoms with Crippen molar-refractivity contribution in [2.75, 3.05) is 7.11 Å². The Balaban J connectivity index is 2.35. The van der Waals surface area contributed by atoms with E-state index in [1.165, 1.54) is 12.2 Å². The third-order valence-electron chi connectivity index (χ3n) is 8.01. The molecule has 1 saturated heterocycles. The number of hydrogen-bond donors (Lipinski definition) is 3. The van der Waals surface area contributed by atoms with Crippen LogP contribution in [0.1, 0.15) is 60.3 Å². The van der Waals surface area contributed by atoms with Crippen LogP contribution in [-0.4, -0.2) is 70.5 Å². The van der Waals surface area contributed by atoms with Gasteiger partial charge in [-0.25, -0.2) is 4.79 Å². The number of cyclic esters (lactones) is 1. The molecule has 9 atom stereocenters. The third-order valence-corrected chi connectivity index (χ3v) is 8.01. The van der Waals surface area contributed by atoms with E-state index in [-0.39, 0.29) is 49.5 Å². The zero-order chi connectivity index (χ0) is 30.7. The summed E-state index contributed by atoms with van der Waals surface area (Å²) in [5, 5.41) is 40.0. The number of methoxy groups -OCH3 is 1. The lowest BCUT2D eigenvalue weighted by Gasteiger charge is -2.32. The Morgan fingerprint density at radius 1 is 1.29 bits per heavy atom. The number of allylic oxidation sites excluding steroid dienone is 6. The van der Waals surface area contributed by atoms with Crippen molar-refractivity contribution in [3.63, 3.8) is 0 Å². The molecule has 0 spiro atoms. The molecule has 1 fully saturated rings. The molecule has 2 heterocycles. The Hall–Kier alpha value is -3.03. The van der Waals surface area contributed by atoms with Crippen LogP contribution >= 0.6 is 0 Å². The molecule has 226 valence electrons. The van der Waals surface area contributed by atoms with E-state index in [1.54, 1.807) is 26.2 Å². The fraction of sp³-hybridized carbons (Fsp3) is 0.594. The number of carboxylic acids is 1. The largest absolute Gasteiger partial charge is 0.481 e. The van der Waals surface area contributed by atoms with E-state index in [0.29, 0.717) is 0 Å². The molecule has 0 radical (unpaired) electrons. The minimum Gasteiger partial charge on any atom is -0.481 e. The molecule has 2 aliphatic rings. The number of nitriles is 1. The number of aliphatic hydroxyl groups excluding tert-OH is 2. The van der Waals surface area contributed by atoms with Crippen molar-refractivity contribution in [1.29, 1.82) is 5.26 Å². The van der Waals surface area contributed by atoms with Gasteiger partial charge in [0.1, 0.15) is 17.8 Å². The van der Waals surface area contributed by atoms with Gasteiger partial charge in [0.2, 0.25) is 0 Å². The number of ether oxygens (including phenoxy) is 3. The quantitative estimate of drug-likeness (QED) is 0.126. The monoisotopic (exact) mass is 571 g/mol. The summed E-state index contributed by atoms with van der Waals surface area (Å²) >= 11 is 0. The first-order valence-corrected chi connectivity index (χ1v) is 14.1. The maximum atomic E-state index is 12.9. The van der Waals surface area contributed by atoms with Crippen LogP contribution in [0.4, 0.5) is 0 Å². The van der Waals surface area contributed by atoms with Gasteiger partial charge in [0.15, 0.2) is 0 Å². The first kappa shape index (κ1) is 34.2. The van der Waals surface area contributed by atoms with Gasteiger partial charge in [0, 0.05) is 43.9 Å². The maximum Gasteiger partial charge on any atom is 0.330 e. The summed E-state index contributed by atoms with van der Waals surface area (Å²) in [6, 6.07) is 1.99. The van der Waals surface area contributed by atoms with Crippen LogP contribution in [0.15, 0.2) is 59.8 Å². The van der Waals surface area contributed by atoms with E-state index < -0.39 is 42.0 Å². The first-order valence-electron chi connectivity index (χ1n) is 14.1. The van der Waals surface area contributed by atoms with Crippen LogP contribution in [0.25, 0.3) is 0 Å². The smallest absolute Gasteiger partial charge is 0.330 e. The van der Waals surface area contributed by atoms with Crippen LogP contribution in [-0.2, 0) is 23.8 Å². The molecule has 0 aliphatic carbocycles. The van der Waals surface area contributed by atoms with Crippen molar-refractivity contribution < 1.29 is 39.1 Å². The predicted molar refractivity (Wildman–Crippen MR) is 154 cm³/mol. The number of aliphatic carboxylic acids is 1. The first-order chi connectivity index (χ1) is 19.3. The van der Waals surface area contributed by atoms with Crippen LogP contribution in [0.2, 0.25) is 0 Å². The average Bonchev–Trinajstić information content (AvgIpc) is 3.57. The molecule has 0 aromatic heterocycles. The minimum absolute atomic E-state index is 0.106. The Bertz CT molecular complexity index is 1100. The van der Waals surface area contributed by atoms with Crippen molar-refractivity contribution in [3.8, 4) is 6.07 Å². The van der Waals surface area contributed by atoms with Gasteiger partial charge in [-0.05, 0) is 50.7 Å². The second kappa shape index (κ2) is 15.8. The Morgan fingerprint density at radius 3 is 2.63 bits per heavy atom. The Labute approximate surface area is 243 Å². The number of carboxylic acid groups (broad SMARTS) is 1. The Kier molecular flexibility index (Phi) is 13.2. The highest BCUT2D eigenvalue weighted by Crippen LogP contribution is 2.43. The van der Waals surface area contributed by atoms with Gasteiger partial charge in [-0.3, -0.25) is 4.79 Å². The maximum absolute atomic E-state index is 12.9. The van der Waals surface area contributed by atoms with Gasteiger partial charge in [-0.15, -0.1) is 0 Å². The summed E-state index contributed by atoms with van der Waals surface area (Å²) in [5.41, 5.74) is 0.786. The molecule has 2 aliphatic heterocycles. The number of aliphatic hydroxyl groups is 2. The number of carbonyl (C=O) groups excluding carboxylic acids is 1. The Morgan fingerprint density at radius 2 is 2.00 bits per heavy atom. The number of esters is 1. The molecule has 2 rings (SSSR count). The highest BCUT2D eigenvalue weighted by molar-refractivity contribution is 5.82. The van der Waals surface area contributed by atoms with Crippen molar-refractivity contribution in [2.24, 2.45) is 17.8 Å². The van der Waals surface area contributed by atoms with Crippen molar-refractivity contribution >= 4 is 11.9 Å². The van der Waals surface area contributed by atoms with Gasteiger partial charge in [-0.1, -0.05) is 50.3 Å². The summed E-state index contributed by atoms with van der Waals surface area (Å²) in [6.45, 7) is 9.25. The normalized spacial score (nSPS) is 35.0. The zero-order valence-corrected chi connectivity index (χ0v) is 24.9. The van der Waals surface area contributed by atoms with Crippen molar-refractivity contribution in [3.05, 3.63) is 59.8 Å². The third kappa shape index (κ3) is 10.4. The van der Waals surface area contributed by atoms with Gasteiger partial charge in [0.25, 0.3) is 0 Å². The SMILES string of the molecule is CO[C@@H](/C(C)=C/C=C/C(C)=C/C#N)[C@H](C)[C@@H]1C[C@H](O)[C@@]2(C)O[C@@H]2/C=C/C(C)C(O)C[C@H](CC(=O)O)C/C=C/C(=O)O1. The number of nitrogens with zero attached hydrogens (tertiary/aromatic N) is 1. The lowest BCUT2D eigenvalue weighted by Crippen LogP contribution is -2.41. The van der Waals surface area contributed by atoms with Crippen LogP contribution in [0.5, 0.6) is 0 Å². The second-order valence-corrected chi connectivity index (χ2v) is 11.4. The van der Waals surface area contributed by atoms with E-state index in [0.717, 1.165) is 11.1 Å². The molecule has 9 nitrogen and oxygen atoms in total. The van der Waals surface area contributed by atoms with Crippen molar-refractivity contribution in [1.82, 2.24) is 0 Å². The van der Waals surface area contributed by atoms with E-state index in [2.05, 4.69) is 0 Å². The highest BCUT2D eigenvalue weighted by atomic mass is 16.6. The van der Waals surface area contributed by atoms with Gasteiger partial charge in [0.05, 0.1) is 24.4 Å². The van der Waals surface area contributed by atoms with Crippen molar-refractivity contribution in [2.45, 2.75) is 96.4 Å². The minimum atomic E-state index is -0.971. The zero-order valence-electron chi connectivity index (χ0n) is 24.9. The topological polar surface area (TPSA) is 150 Å². The standard InChI is InChI=1S/C32H45NO8/c1-20(15-16-33)9-7-10-22(3)31(39-6)23(4)26-19-27(35)32(5)28(41-32)14-13-21(2)25(34)17-24(18-29(36)37)11-8-12-30(38)40-26/h7-10,12-15,21,23-28,31,34-35H,11,17-19H2,1-6H3,(H,36,37)/b9-7+,12-8+,14-13+,20-15+,22-10+/t21?,23-,24-,25?,26+,27+,28-,31+,32-/m1/s1. The molecular formula is C32H45NO8. The fourth-order valence-corrected chi connectivity index (χ4v) is 5.18. The summed E-state index contributed by atoms with van der Waals surface area (Å²) in [6.07, 6.45) is 10.7. The average molecular weight is 572 g/mol. The van der Waals surface area contributed by atoms with E-state index in [4.69, 9.17) is 19.5 Å². The molecule has 0 bridgehead atoms. The van der Waals surface area contributed by atoms with E-state index in [9.17, 15) is 24.9 Å². The molecular weight excluding hydrogens is 526 g/mol.